The fourth-order valence-electron chi connectivity index (χ4n) is 3.63. The Morgan fingerprint density at radius 2 is 1.18 bits per heavy atom. The fraction of sp³-hybridized carbons (Fsp3) is 0.455. The zero-order valence-corrected chi connectivity index (χ0v) is 17.4. The molecule has 3 rings (SSSR count). The van der Waals surface area contributed by atoms with Crippen LogP contribution in [-0.4, -0.2) is 41.7 Å². The van der Waals surface area contributed by atoms with E-state index >= 15 is 0 Å². The average Bonchev–Trinajstić information content (AvgIpc) is 2.91. The molecule has 1 aromatic heterocycles. The van der Waals surface area contributed by atoms with Crippen molar-refractivity contribution in [2.45, 2.75) is 51.7 Å². The van der Waals surface area contributed by atoms with Crippen LogP contribution in [0, 0.1) is 0 Å². The van der Waals surface area contributed by atoms with Gasteiger partial charge >= 0.3 is 0 Å². The number of rotatable bonds is 6. The van der Waals surface area contributed by atoms with E-state index in [4.69, 9.17) is 15.3 Å². The molecule has 0 amide bonds. The molecule has 1 aromatic carbocycles. The molecule has 2 N–H and O–H groups in total. The number of benzene rings is 1. The van der Waals surface area contributed by atoms with E-state index in [1.165, 1.54) is 4.68 Å². The van der Waals surface area contributed by atoms with Crippen molar-refractivity contribution in [2.24, 2.45) is 0 Å². The lowest BCUT2D eigenvalue weighted by Gasteiger charge is -2.25. The summed E-state index contributed by atoms with van der Waals surface area (Å²) < 4.78 is 12.6. The normalized spacial score (nSPS) is 14.2. The molecule has 6 heteroatoms. The monoisotopic (exact) mass is 384 g/mol. The molecule has 0 fully saturated rings. The molecule has 6 nitrogen and oxygen atoms in total. The predicted octanol–water partition coefficient (Wildman–Crippen LogP) is 2.91. The van der Waals surface area contributed by atoms with Crippen molar-refractivity contribution in [1.29, 1.82) is 0 Å². The van der Waals surface area contributed by atoms with Crippen LogP contribution in [0.5, 0.6) is 0 Å². The van der Waals surface area contributed by atoms with Crippen LogP contribution in [0.25, 0.3) is 0 Å². The molecule has 28 heavy (non-hydrogen) atoms. The number of nitrogens with zero attached hydrogens (tertiary/aromatic N) is 1. The van der Waals surface area contributed by atoms with Crippen LogP contribution in [0.3, 0.4) is 0 Å². The van der Waals surface area contributed by atoms with E-state index in [0.717, 1.165) is 0 Å². The minimum Gasteiger partial charge on any atom is -0.378 e. The van der Waals surface area contributed by atoms with E-state index in [9.17, 15) is 9.59 Å². The summed E-state index contributed by atoms with van der Waals surface area (Å²) in [5.41, 5.74) is 1.73. The first-order valence-corrected chi connectivity index (χ1v) is 9.33. The van der Waals surface area contributed by atoms with Gasteiger partial charge in [-0.2, -0.15) is 0 Å². The minimum absolute atomic E-state index is 0.173. The van der Waals surface area contributed by atoms with E-state index in [1.54, 1.807) is 38.5 Å². The summed E-state index contributed by atoms with van der Waals surface area (Å²) in [6.07, 6.45) is 0.799. The number of hydrogen-bond acceptors (Lipinski definition) is 5. The highest BCUT2D eigenvalue weighted by Crippen LogP contribution is 2.36. The Hall–Kier alpha value is -2.44. The molecule has 0 saturated heterocycles. The molecule has 1 aliphatic rings. The largest absolute Gasteiger partial charge is 0.378 e. The average molecular weight is 384 g/mol. The van der Waals surface area contributed by atoms with Gasteiger partial charge < -0.3 is 15.3 Å². The van der Waals surface area contributed by atoms with Crippen molar-refractivity contribution in [1.82, 2.24) is 4.68 Å². The highest BCUT2D eigenvalue weighted by atomic mass is 16.5. The Labute approximate surface area is 165 Å². The number of methoxy groups -OCH3 is 2. The second-order valence-electron chi connectivity index (χ2n) is 8.50. The van der Waals surface area contributed by atoms with E-state index < -0.39 is 11.2 Å². The van der Waals surface area contributed by atoms with Crippen LogP contribution < -0.4 is 5.84 Å². The fourth-order valence-corrected chi connectivity index (χ4v) is 3.63. The van der Waals surface area contributed by atoms with Gasteiger partial charge in [0.1, 0.15) is 0 Å². The van der Waals surface area contributed by atoms with Crippen LogP contribution in [0.4, 0.5) is 0 Å². The molecular formula is C22H28N2O4. The molecular weight excluding hydrogens is 356 g/mol. The summed E-state index contributed by atoms with van der Waals surface area (Å²) in [6, 6.07) is 6.91. The van der Waals surface area contributed by atoms with Gasteiger partial charge in [-0.1, -0.05) is 24.3 Å². The van der Waals surface area contributed by atoms with Crippen LogP contribution in [0.1, 0.15) is 70.9 Å². The Bertz CT molecular complexity index is 879. The van der Waals surface area contributed by atoms with Gasteiger partial charge in [-0.25, -0.2) is 0 Å². The third kappa shape index (κ3) is 3.27. The summed E-state index contributed by atoms with van der Waals surface area (Å²) in [5, 5.41) is 0. The number of nitrogens with two attached hydrogens (primary N) is 1. The quantitative estimate of drug-likeness (QED) is 0.661. The number of carbonyl (C=O) groups is 2. The van der Waals surface area contributed by atoms with Crippen LogP contribution in [0.2, 0.25) is 0 Å². The number of ketones is 2. The number of aromatic nitrogens is 1. The van der Waals surface area contributed by atoms with Gasteiger partial charge in [-0.15, -0.1) is 0 Å². The molecule has 0 spiro atoms. The zero-order valence-electron chi connectivity index (χ0n) is 17.4. The van der Waals surface area contributed by atoms with Gasteiger partial charge in [0.05, 0.1) is 33.7 Å². The highest BCUT2D eigenvalue weighted by molar-refractivity contribution is 6.29. The number of ether oxygens (including phenoxy) is 2. The van der Waals surface area contributed by atoms with Gasteiger partial charge in [-0.05, 0) is 27.7 Å². The van der Waals surface area contributed by atoms with Crippen LogP contribution >= 0.6 is 0 Å². The maximum Gasteiger partial charge on any atom is 0.196 e. The topological polar surface area (TPSA) is 83.5 Å². The predicted molar refractivity (Wildman–Crippen MR) is 107 cm³/mol. The molecule has 0 aliphatic heterocycles. The second kappa shape index (κ2) is 6.87. The number of nitrogen functional groups attached to an aromatic ring is 1. The third-order valence-electron chi connectivity index (χ3n) is 5.57. The summed E-state index contributed by atoms with van der Waals surface area (Å²) in [4.78, 5) is 26.7. The molecule has 1 heterocycles. The highest BCUT2D eigenvalue weighted by Gasteiger charge is 2.40. The summed E-state index contributed by atoms with van der Waals surface area (Å²) in [6.45, 7) is 7.70. The van der Waals surface area contributed by atoms with Gasteiger partial charge in [0, 0.05) is 38.2 Å². The van der Waals surface area contributed by atoms with Gasteiger partial charge in [-0.3, -0.25) is 14.3 Å². The Morgan fingerprint density at radius 1 is 0.821 bits per heavy atom. The van der Waals surface area contributed by atoms with Crippen LogP contribution in [-0.2, 0) is 22.3 Å². The van der Waals surface area contributed by atoms with E-state index in [1.807, 2.05) is 27.7 Å². The summed E-state index contributed by atoms with van der Waals surface area (Å²) in [5.74, 6) is 6.12. The Morgan fingerprint density at radius 3 is 1.50 bits per heavy atom. The van der Waals surface area contributed by atoms with Crippen molar-refractivity contribution in [3.63, 3.8) is 0 Å². The molecule has 0 bridgehead atoms. The lowest BCUT2D eigenvalue weighted by molar-refractivity contribution is 0.0201. The first-order chi connectivity index (χ1) is 13.0. The van der Waals surface area contributed by atoms with Crippen molar-refractivity contribution in [3.8, 4) is 0 Å². The van der Waals surface area contributed by atoms with E-state index in [0.29, 0.717) is 46.5 Å². The van der Waals surface area contributed by atoms with Gasteiger partial charge in [0.2, 0.25) is 0 Å². The number of hydrogen-bond donors (Lipinski definition) is 1. The van der Waals surface area contributed by atoms with Crippen molar-refractivity contribution in [2.75, 3.05) is 20.1 Å². The summed E-state index contributed by atoms with van der Waals surface area (Å²) >= 11 is 0. The minimum atomic E-state index is -0.544. The van der Waals surface area contributed by atoms with Gasteiger partial charge in [0.25, 0.3) is 0 Å². The smallest absolute Gasteiger partial charge is 0.196 e. The van der Waals surface area contributed by atoms with Crippen molar-refractivity contribution in [3.05, 3.63) is 57.9 Å². The third-order valence-corrected chi connectivity index (χ3v) is 5.57. The standard InChI is InChI=1S/C22H28N2O4/c1-21(2,27-5)11-15-17-18(16(24(15)23)12-22(3,4)28-6)20(26)14-10-8-7-9-13(14)19(17)25/h7-10H,11-12,23H2,1-6H3. The summed E-state index contributed by atoms with van der Waals surface area (Å²) in [7, 11) is 3.24. The zero-order chi connectivity index (χ0) is 20.9. The molecule has 0 saturated carbocycles. The van der Waals surface area contributed by atoms with E-state index in [2.05, 4.69) is 0 Å². The molecule has 1 aliphatic carbocycles. The Balaban J connectivity index is 2.28. The molecule has 0 atom stereocenters. The van der Waals surface area contributed by atoms with Crippen LogP contribution in [0.15, 0.2) is 24.3 Å². The first kappa shape index (κ1) is 20.3. The first-order valence-electron chi connectivity index (χ1n) is 9.33. The van der Waals surface area contributed by atoms with Crippen molar-refractivity contribution < 1.29 is 19.1 Å². The maximum absolute atomic E-state index is 13.4. The molecule has 0 unspecified atom stereocenters. The second-order valence-corrected chi connectivity index (χ2v) is 8.50. The van der Waals surface area contributed by atoms with Gasteiger partial charge in [0.15, 0.2) is 11.6 Å². The molecule has 150 valence electrons. The maximum atomic E-state index is 13.4. The Kier molecular flexibility index (Phi) is 4.98. The molecule has 2 aromatic rings. The van der Waals surface area contributed by atoms with E-state index in [-0.39, 0.29) is 11.6 Å². The SMILES string of the molecule is COC(C)(C)Cc1c2c(c(CC(C)(C)OC)n1N)C(=O)c1ccccc1C2=O. The lowest BCUT2D eigenvalue weighted by atomic mass is 9.82. The molecule has 0 radical (unpaired) electrons. The number of carbonyl (C=O) groups excluding carboxylic acids is 2. The number of fused-ring (bicyclic) bond motifs is 2. The van der Waals surface area contributed by atoms with Crippen molar-refractivity contribution >= 4 is 11.6 Å². The lowest BCUT2D eigenvalue weighted by Crippen LogP contribution is -2.32.